The Hall–Kier alpha value is -4.59. The van der Waals surface area contributed by atoms with Gasteiger partial charge in [0.2, 0.25) is 0 Å². The summed E-state index contributed by atoms with van der Waals surface area (Å²) < 4.78 is 1.62. The van der Waals surface area contributed by atoms with Gasteiger partial charge in [0, 0.05) is 53.5 Å². The van der Waals surface area contributed by atoms with E-state index >= 15 is 0 Å². The maximum Gasteiger partial charge on any atom is 0.256 e. The van der Waals surface area contributed by atoms with Crippen LogP contribution in [-0.2, 0) is 11.8 Å². The van der Waals surface area contributed by atoms with E-state index < -0.39 is 0 Å². The first-order valence-electron chi connectivity index (χ1n) is 10.7. The van der Waals surface area contributed by atoms with Crippen LogP contribution >= 0.6 is 0 Å². The molecule has 0 saturated heterocycles. The Bertz CT molecular complexity index is 1340. The molecule has 0 radical (unpaired) electrons. The highest BCUT2D eigenvalue weighted by Crippen LogP contribution is 2.24. The van der Waals surface area contributed by atoms with Crippen LogP contribution in [0, 0.1) is 0 Å². The standard InChI is InChI=1S/C26H24N6O2/c1-17(21-14-27-16-28-15-21)18(2)25(33)29-22-11-9-19(10-12-22)23-13-24(32(3)31-23)30-26(34)20-7-5-4-6-8-20/h4-16H,1-3H3,(H,29,33)(H,30,34)/b18-17-. The molecule has 0 aliphatic carbocycles. The molecule has 0 bridgehead atoms. The van der Waals surface area contributed by atoms with Crippen LogP contribution in [0.2, 0.25) is 0 Å². The molecule has 2 amide bonds. The van der Waals surface area contributed by atoms with Crippen LogP contribution in [0.4, 0.5) is 11.5 Å². The van der Waals surface area contributed by atoms with Crippen molar-refractivity contribution in [3.8, 4) is 11.3 Å². The molecule has 34 heavy (non-hydrogen) atoms. The maximum absolute atomic E-state index is 12.7. The molecule has 2 N–H and O–H groups in total. The van der Waals surface area contributed by atoms with Gasteiger partial charge in [-0.1, -0.05) is 30.3 Å². The van der Waals surface area contributed by atoms with Gasteiger partial charge in [-0.15, -0.1) is 0 Å². The maximum atomic E-state index is 12.7. The number of benzene rings is 2. The summed E-state index contributed by atoms with van der Waals surface area (Å²) in [7, 11) is 1.77. The van der Waals surface area contributed by atoms with Crippen molar-refractivity contribution in [2.45, 2.75) is 13.8 Å². The van der Waals surface area contributed by atoms with Gasteiger partial charge < -0.3 is 10.6 Å². The number of aromatic nitrogens is 4. The van der Waals surface area contributed by atoms with Crippen LogP contribution in [0.25, 0.3) is 16.8 Å². The van der Waals surface area contributed by atoms with E-state index in [0.717, 1.165) is 16.7 Å². The van der Waals surface area contributed by atoms with E-state index in [2.05, 4.69) is 25.7 Å². The summed E-state index contributed by atoms with van der Waals surface area (Å²) in [6.45, 7) is 3.64. The Morgan fingerprint density at radius 3 is 2.21 bits per heavy atom. The first-order valence-corrected chi connectivity index (χ1v) is 10.7. The molecular formula is C26H24N6O2. The van der Waals surface area contributed by atoms with Gasteiger partial charge in [0.25, 0.3) is 11.8 Å². The molecule has 8 heteroatoms. The Labute approximate surface area is 197 Å². The molecule has 170 valence electrons. The monoisotopic (exact) mass is 452 g/mol. The Kier molecular flexibility index (Phi) is 6.59. The Morgan fingerprint density at radius 1 is 0.853 bits per heavy atom. The lowest BCUT2D eigenvalue weighted by Crippen LogP contribution is -2.14. The molecule has 0 aliphatic heterocycles. The SMILES string of the molecule is C/C(C(=O)Nc1ccc(-c2cc(NC(=O)c3ccccc3)n(C)n2)cc1)=C(\C)c1cncnc1. The molecule has 2 aromatic carbocycles. The normalized spacial score (nSPS) is 11.5. The average molecular weight is 453 g/mol. The number of hydrogen-bond donors (Lipinski definition) is 2. The van der Waals surface area contributed by atoms with Gasteiger partial charge in [-0.05, 0) is 43.7 Å². The molecule has 4 aromatic rings. The van der Waals surface area contributed by atoms with Crippen LogP contribution < -0.4 is 10.6 Å². The van der Waals surface area contributed by atoms with Crippen LogP contribution in [0.15, 0.2) is 85.0 Å². The first-order chi connectivity index (χ1) is 16.4. The van der Waals surface area contributed by atoms with Gasteiger partial charge in [0.1, 0.15) is 12.1 Å². The summed E-state index contributed by atoms with van der Waals surface area (Å²) in [6.07, 6.45) is 4.81. The summed E-state index contributed by atoms with van der Waals surface area (Å²) in [5.74, 6) is 0.189. The minimum absolute atomic E-state index is 0.196. The number of aryl methyl sites for hydroxylation is 1. The fourth-order valence-corrected chi connectivity index (χ4v) is 3.33. The molecular weight excluding hydrogens is 428 g/mol. The molecule has 0 saturated carbocycles. The van der Waals surface area contributed by atoms with Crippen molar-refractivity contribution >= 4 is 28.9 Å². The van der Waals surface area contributed by atoms with Crippen molar-refractivity contribution < 1.29 is 9.59 Å². The second-order valence-electron chi connectivity index (χ2n) is 7.77. The number of carbonyl (C=O) groups excluding carboxylic acids is 2. The second-order valence-corrected chi connectivity index (χ2v) is 7.77. The molecule has 0 aliphatic rings. The van der Waals surface area contributed by atoms with Crippen molar-refractivity contribution in [3.05, 3.63) is 96.1 Å². The summed E-state index contributed by atoms with van der Waals surface area (Å²) >= 11 is 0. The van der Waals surface area contributed by atoms with Crippen molar-refractivity contribution in [2.75, 3.05) is 10.6 Å². The van der Waals surface area contributed by atoms with Crippen molar-refractivity contribution in [1.82, 2.24) is 19.7 Å². The molecule has 4 rings (SSSR count). The summed E-state index contributed by atoms with van der Waals surface area (Å²) in [4.78, 5) is 33.1. The van der Waals surface area contributed by atoms with E-state index in [4.69, 9.17) is 0 Å². The largest absolute Gasteiger partial charge is 0.322 e. The third-order valence-corrected chi connectivity index (χ3v) is 5.49. The van der Waals surface area contributed by atoms with E-state index in [1.54, 1.807) is 43.2 Å². The van der Waals surface area contributed by atoms with Crippen LogP contribution in [0.3, 0.4) is 0 Å². The lowest BCUT2D eigenvalue weighted by molar-refractivity contribution is -0.112. The van der Waals surface area contributed by atoms with E-state index in [9.17, 15) is 9.59 Å². The predicted molar refractivity (Wildman–Crippen MR) is 132 cm³/mol. The Balaban J connectivity index is 1.45. The van der Waals surface area contributed by atoms with Crippen molar-refractivity contribution in [3.63, 3.8) is 0 Å². The van der Waals surface area contributed by atoms with E-state index in [1.807, 2.05) is 55.5 Å². The zero-order valence-electron chi connectivity index (χ0n) is 19.1. The quantitative estimate of drug-likeness (QED) is 0.418. The van der Waals surface area contributed by atoms with Gasteiger partial charge in [-0.2, -0.15) is 5.10 Å². The van der Waals surface area contributed by atoms with Crippen LogP contribution in [-0.4, -0.2) is 31.6 Å². The fourth-order valence-electron chi connectivity index (χ4n) is 3.33. The number of nitrogens with zero attached hydrogens (tertiary/aromatic N) is 4. The zero-order valence-corrected chi connectivity index (χ0v) is 19.1. The van der Waals surface area contributed by atoms with E-state index in [1.165, 1.54) is 6.33 Å². The van der Waals surface area contributed by atoms with Crippen LogP contribution in [0.1, 0.15) is 29.8 Å². The van der Waals surface area contributed by atoms with Crippen LogP contribution in [0.5, 0.6) is 0 Å². The molecule has 8 nitrogen and oxygen atoms in total. The third-order valence-electron chi connectivity index (χ3n) is 5.49. The van der Waals surface area contributed by atoms with Gasteiger partial charge in [0.15, 0.2) is 0 Å². The number of rotatable bonds is 6. The highest BCUT2D eigenvalue weighted by Gasteiger charge is 2.13. The number of amides is 2. The molecule has 0 spiro atoms. The number of carbonyl (C=O) groups is 2. The minimum Gasteiger partial charge on any atom is -0.322 e. The second kappa shape index (κ2) is 9.91. The number of nitrogens with one attached hydrogen (secondary N) is 2. The van der Waals surface area contributed by atoms with Gasteiger partial charge in [-0.25, -0.2) is 9.97 Å². The highest BCUT2D eigenvalue weighted by atomic mass is 16.2. The number of hydrogen-bond acceptors (Lipinski definition) is 5. The highest BCUT2D eigenvalue weighted by molar-refractivity contribution is 6.08. The zero-order chi connectivity index (χ0) is 24.1. The predicted octanol–water partition coefficient (Wildman–Crippen LogP) is 4.56. The summed E-state index contributed by atoms with van der Waals surface area (Å²) in [6, 6.07) is 18.2. The number of allylic oxidation sites excluding steroid dienone is 1. The van der Waals surface area contributed by atoms with E-state index in [-0.39, 0.29) is 11.8 Å². The minimum atomic E-state index is -0.200. The molecule has 0 fully saturated rings. The van der Waals surface area contributed by atoms with E-state index in [0.29, 0.717) is 28.3 Å². The third kappa shape index (κ3) is 5.07. The molecule has 0 atom stereocenters. The van der Waals surface area contributed by atoms with Gasteiger partial charge >= 0.3 is 0 Å². The van der Waals surface area contributed by atoms with Gasteiger partial charge in [-0.3, -0.25) is 14.3 Å². The Morgan fingerprint density at radius 2 is 1.53 bits per heavy atom. The topological polar surface area (TPSA) is 102 Å². The fraction of sp³-hybridized carbons (Fsp3) is 0.115. The molecule has 0 unspecified atom stereocenters. The number of anilines is 2. The smallest absolute Gasteiger partial charge is 0.256 e. The van der Waals surface area contributed by atoms with Gasteiger partial charge in [0.05, 0.1) is 5.69 Å². The molecule has 2 aromatic heterocycles. The molecule has 2 heterocycles. The lowest BCUT2D eigenvalue weighted by Gasteiger charge is -2.09. The summed E-state index contributed by atoms with van der Waals surface area (Å²) in [5, 5.41) is 10.3. The van der Waals surface area contributed by atoms with Crippen molar-refractivity contribution in [2.24, 2.45) is 7.05 Å². The van der Waals surface area contributed by atoms with Crippen molar-refractivity contribution in [1.29, 1.82) is 0 Å². The lowest BCUT2D eigenvalue weighted by atomic mass is 10.0. The summed E-state index contributed by atoms with van der Waals surface area (Å²) in [5.41, 5.74) is 5.01. The first kappa shape index (κ1) is 22.6. The average Bonchev–Trinajstić information content (AvgIpc) is 3.24.